The molecule has 0 radical (unpaired) electrons. The second-order valence-corrected chi connectivity index (χ2v) is 1.36. The highest BCUT2D eigenvalue weighted by Gasteiger charge is 2.13. The van der Waals surface area contributed by atoms with Gasteiger partial charge in [0.2, 0.25) is 5.76 Å². The monoisotopic (exact) mass is 112 g/mol. The van der Waals surface area contributed by atoms with Crippen LogP contribution in [-0.4, -0.2) is 17.2 Å². The summed E-state index contributed by atoms with van der Waals surface area (Å²) >= 11 is 0. The molecule has 0 spiro atoms. The molecule has 0 saturated carbocycles. The summed E-state index contributed by atoms with van der Waals surface area (Å²) in [5.41, 5.74) is 0. The van der Waals surface area contributed by atoms with Crippen LogP contribution < -0.4 is 0 Å². The first kappa shape index (κ1) is 5.09. The fourth-order valence-electron chi connectivity index (χ4n) is 0.429. The quantitative estimate of drug-likeness (QED) is 0.434. The highest BCUT2D eigenvalue weighted by molar-refractivity contribution is 5.53. The largest absolute Gasteiger partial charge is 0.455 e. The SMILES string of the molecule is O=C=C1OC=CC1O. The number of aliphatic hydroxyl groups excluding tert-OH is 1. The zero-order valence-electron chi connectivity index (χ0n) is 4.00. The smallest absolute Gasteiger partial charge is 0.218 e. The Morgan fingerprint density at radius 3 is 2.88 bits per heavy atom. The lowest BCUT2D eigenvalue weighted by Gasteiger charge is -1.93. The van der Waals surface area contributed by atoms with Gasteiger partial charge in [-0.2, -0.15) is 0 Å². The van der Waals surface area contributed by atoms with Gasteiger partial charge in [-0.15, -0.1) is 0 Å². The van der Waals surface area contributed by atoms with E-state index in [-0.39, 0.29) is 5.76 Å². The number of hydrogen-bond acceptors (Lipinski definition) is 3. The second kappa shape index (κ2) is 1.82. The van der Waals surface area contributed by atoms with E-state index < -0.39 is 6.10 Å². The van der Waals surface area contributed by atoms with Crippen LogP contribution in [0.4, 0.5) is 0 Å². The molecule has 0 saturated heterocycles. The Labute approximate surface area is 45.9 Å². The first-order valence-electron chi connectivity index (χ1n) is 2.11. The summed E-state index contributed by atoms with van der Waals surface area (Å²) in [6.45, 7) is 0. The van der Waals surface area contributed by atoms with Crippen LogP contribution in [0, 0.1) is 0 Å². The summed E-state index contributed by atoms with van der Waals surface area (Å²) in [6.07, 6.45) is 1.73. The Hall–Kier alpha value is -1.05. The van der Waals surface area contributed by atoms with E-state index in [1.807, 2.05) is 0 Å². The molecule has 0 amide bonds. The number of aliphatic hydroxyl groups is 1. The maximum atomic E-state index is 9.73. The molecule has 0 fully saturated rings. The Kier molecular flexibility index (Phi) is 1.16. The van der Waals surface area contributed by atoms with Crippen LogP contribution in [0.2, 0.25) is 0 Å². The Morgan fingerprint density at radius 2 is 2.62 bits per heavy atom. The third-order valence-corrected chi connectivity index (χ3v) is 0.825. The second-order valence-electron chi connectivity index (χ2n) is 1.36. The fourth-order valence-corrected chi connectivity index (χ4v) is 0.429. The van der Waals surface area contributed by atoms with Crippen molar-refractivity contribution in [1.29, 1.82) is 0 Å². The van der Waals surface area contributed by atoms with E-state index in [1.165, 1.54) is 18.3 Å². The minimum atomic E-state index is -0.882. The third-order valence-electron chi connectivity index (χ3n) is 0.825. The molecule has 1 rings (SSSR count). The molecular weight excluding hydrogens is 108 g/mol. The van der Waals surface area contributed by atoms with Gasteiger partial charge in [-0.3, -0.25) is 0 Å². The van der Waals surface area contributed by atoms with E-state index in [4.69, 9.17) is 5.11 Å². The molecule has 0 bridgehead atoms. The van der Waals surface area contributed by atoms with Crippen molar-refractivity contribution >= 4 is 5.94 Å². The lowest BCUT2D eigenvalue weighted by Crippen LogP contribution is -2.01. The molecule has 0 aromatic carbocycles. The lowest BCUT2D eigenvalue weighted by atomic mass is 10.3. The summed E-state index contributed by atoms with van der Waals surface area (Å²) in [4.78, 5) is 9.73. The predicted octanol–water partition coefficient (Wildman–Crippen LogP) is -0.393. The van der Waals surface area contributed by atoms with E-state index in [2.05, 4.69) is 4.74 Å². The number of rotatable bonds is 0. The molecular formula is C5H4O3. The van der Waals surface area contributed by atoms with Crippen LogP contribution in [0.15, 0.2) is 18.1 Å². The molecule has 0 aromatic rings. The normalized spacial score (nSPS) is 25.1. The molecule has 1 atom stereocenters. The average molecular weight is 112 g/mol. The molecule has 8 heavy (non-hydrogen) atoms. The number of hydrogen-bond donors (Lipinski definition) is 1. The number of carbonyl (C=O) groups excluding carboxylic acids is 1. The Morgan fingerprint density at radius 1 is 1.88 bits per heavy atom. The average Bonchev–Trinajstić information content (AvgIpc) is 2.14. The zero-order chi connectivity index (χ0) is 5.98. The van der Waals surface area contributed by atoms with Gasteiger partial charge in [0.25, 0.3) is 0 Å². The van der Waals surface area contributed by atoms with Crippen molar-refractivity contribution in [2.45, 2.75) is 6.10 Å². The molecule has 1 unspecified atom stereocenters. The highest BCUT2D eigenvalue weighted by Crippen LogP contribution is 2.09. The van der Waals surface area contributed by atoms with Crippen molar-refractivity contribution in [2.75, 3.05) is 0 Å². The summed E-state index contributed by atoms with van der Waals surface area (Å²) in [5, 5.41) is 8.68. The minimum Gasteiger partial charge on any atom is -0.455 e. The number of ether oxygens (including phenoxy) is 1. The van der Waals surface area contributed by atoms with Crippen molar-refractivity contribution < 1.29 is 14.6 Å². The van der Waals surface area contributed by atoms with Gasteiger partial charge in [0, 0.05) is 0 Å². The first-order valence-corrected chi connectivity index (χ1v) is 2.11. The Bertz CT molecular complexity index is 165. The van der Waals surface area contributed by atoms with Gasteiger partial charge < -0.3 is 9.84 Å². The topological polar surface area (TPSA) is 46.5 Å². The van der Waals surface area contributed by atoms with Crippen LogP contribution in [0.3, 0.4) is 0 Å². The molecule has 1 heterocycles. The molecule has 1 aliphatic heterocycles. The van der Waals surface area contributed by atoms with Crippen molar-refractivity contribution in [3.8, 4) is 0 Å². The van der Waals surface area contributed by atoms with Gasteiger partial charge in [0.1, 0.15) is 6.10 Å². The Balaban J connectivity index is 2.79. The van der Waals surface area contributed by atoms with E-state index in [0.29, 0.717) is 0 Å². The van der Waals surface area contributed by atoms with Gasteiger partial charge >= 0.3 is 0 Å². The van der Waals surface area contributed by atoms with Gasteiger partial charge in [-0.05, 0) is 6.08 Å². The maximum Gasteiger partial charge on any atom is 0.218 e. The van der Waals surface area contributed by atoms with Crippen LogP contribution in [-0.2, 0) is 9.53 Å². The van der Waals surface area contributed by atoms with Gasteiger partial charge in [0.15, 0.2) is 5.94 Å². The predicted molar refractivity (Wildman–Crippen MR) is 25.4 cm³/mol. The van der Waals surface area contributed by atoms with E-state index >= 15 is 0 Å². The fraction of sp³-hybridized carbons (Fsp3) is 0.200. The molecule has 0 aromatic heterocycles. The molecule has 3 nitrogen and oxygen atoms in total. The lowest BCUT2D eigenvalue weighted by molar-refractivity contribution is 0.212. The maximum absolute atomic E-state index is 9.73. The molecule has 3 heteroatoms. The van der Waals surface area contributed by atoms with E-state index in [1.54, 1.807) is 0 Å². The van der Waals surface area contributed by atoms with E-state index in [0.717, 1.165) is 0 Å². The standard InChI is InChI=1S/C5H4O3/c6-3-5-4(7)1-2-8-5/h1-2,4,7H. The summed E-state index contributed by atoms with van der Waals surface area (Å²) < 4.78 is 4.48. The third kappa shape index (κ3) is 0.644. The van der Waals surface area contributed by atoms with Crippen molar-refractivity contribution in [1.82, 2.24) is 0 Å². The minimum absolute atomic E-state index is 0.0648. The summed E-state index contributed by atoms with van der Waals surface area (Å²) in [6, 6.07) is 0. The van der Waals surface area contributed by atoms with Crippen molar-refractivity contribution in [3.05, 3.63) is 18.1 Å². The van der Waals surface area contributed by atoms with Crippen LogP contribution >= 0.6 is 0 Å². The summed E-state index contributed by atoms with van der Waals surface area (Å²) in [7, 11) is 0. The molecule has 42 valence electrons. The van der Waals surface area contributed by atoms with Gasteiger partial charge in [0.05, 0.1) is 6.26 Å². The van der Waals surface area contributed by atoms with Crippen molar-refractivity contribution in [2.24, 2.45) is 0 Å². The van der Waals surface area contributed by atoms with Crippen LogP contribution in [0.25, 0.3) is 0 Å². The van der Waals surface area contributed by atoms with Crippen molar-refractivity contribution in [3.63, 3.8) is 0 Å². The molecule has 1 N–H and O–H groups in total. The van der Waals surface area contributed by atoms with Crippen LogP contribution in [0.1, 0.15) is 0 Å². The van der Waals surface area contributed by atoms with Gasteiger partial charge in [-0.25, -0.2) is 4.79 Å². The zero-order valence-corrected chi connectivity index (χ0v) is 4.00. The van der Waals surface area contributed by atoms with E-state index in [9.17, 15) is 4.79 Å². The molecule has 1 aliphatic rings. The van der Waals surface area contributed by atoms with Crippen LogP contribution in [0.5, 0.6) is 0 Å². The summed E-state index contributed by atoms with van der Waals surface area (Å²) in [5.74, 6) is 1.38. The van der Waals surface area contributed by atoms with Gasteiger partial charge in [-0.1, -0.05) is 0 Å². The molecule has 0 aliphatic carbocycles. The highest BCUT2D eigenvalue weighted by atomic mass is 16.5. The first-order chi connectivity index (χ1) is 3.84.